The van der Waals surface area contributed by atoms with Crippen LogP contribution < -0.4 is 5.73 Å². The van der Waals surface area contributed by atoms with E-state index in [1.807, 2.05) is 0 Å². The highest BCUT2D eigenvalue weighted by Gasteiger charge is 2.55. The highest BCUT2D eigenvalue weighted by atomic mass is 14.7. The van der Waals surface area contributed by atoms with Crippen molar-refractivity contribution in [3.8, 4) is 0 Å². The molecule has 1 aromatic carbocycles. The van der Waals surface area contributed by atoms with Crippen molar-refractivity contribution >= 4 is 0 Å². The number of rotatable bonds is 3. The fraction of sp³-hybridized carbons (Fsp3) is 0.571. The van der Waals surface area contributed by atoms with E-state index in [4.69, 9.17) is 5.73 Å². The lowest BCUT2D eigenvalue weighted by molar-refractivity contribution is 0.442. The normalized spacial score (nSPS) is 29.5. The number of nitrogens with two attached hydrogens (primary N) is 1. The summed E-state index contributed by atoms with van der Waals surface area (Å²) < 4.78 is 0. The monoisotopic (exact) mass is 203 g/mol. The lowest BCUT2D eigenvalue weighted by Gasteiger charge is -2.22. The molecule has 1 fully saturated rings. The van der Waals surface area contributed by atoms with E-state index in [-0.39, 0.29) is 0 Å². The number of hydrogen-bond acceptors (Lipinski definition) is 1. The quantitative estimate of drug-likeness (QED) is 0.803. The maximum absolute atomic E-state index is 5.81. The highest BCUT2D eigenvalue weighted by Crippen LogP contribution is 2.58. The first-order valence-corrected chi connectivity index (χ1v) is 5.88. The van der Waals surface area contributed by atoms with Gasteiger partial charge < -0.3 is 5.73 Å². The van der Waals surface area contributed by atoms with Crippen molar-refractivity contribution in [3.63, 3.8) is 0 Å². The fourth-order valence-electron chi connectivity index (χ4n) is 2.90. The first-order valence-electron chi connectivity index (χ1n) is 5.88. The Morgan fingerprint density at radius 2 is 1.93 bits per heavy atom. The maximum Gasteiger partial charge on any atom is 0.00200 e. The van der Waals surface area contributed by atoms with Gasteiger partial charge in [-0.1, -0.05) is 43.7 Å². The van der Waals surface area contributed by atoms with Crippen molar-refractivity contribution in [1.82, 2.24) is 0 Å². The molecule has 82 valence electrons. The molecule has 0 heterocycles. The first-order chi connectivity index (χ1) is 7.11. The SMILES string of the molecule is Cc1ccc(C2(C(C)C)C[C@H]2CN)cc1. The Morgan fingerprint density at radius 1 is 1.33 bits per heavy atom. The summed E-state index contributed by atoms with van der Waals surface area (Å²) in [6.07, 6.45) is 1.27. The van der Waals surface area contributed by atoms with Crippen molar-refractivity contribution < 1.29 is 0 Å². The van der Waals surface area contributed by atoms with Crippen LogP contribution in [0.25, 0.3) is 0 Å². The summed E-state index contributed by atoms with van der Waals surface area (Å²) in [5, 5.41) is 0. The maximum atomic E-state index is 5.81. The van der Waals surface area contributed by atoms with Gasteiger partial charge in [0.25, 0.3) is 0 Å². The Morgan fingerprint density at radius 3 is 2.33 bits per heavy atom. The Kier molecular flexibility index (Phi) is 2.59. The molecule has 0 aromatic heterocycles. The Bertz CT molecular complexity index is 339. The zero-order valence-electron chi connectivity index (χ0n) is 9.96. The molecule has 0 spiro atoms. The molecule has 1 heteroatoms. The summed E-state index contributed by atoms with van der Waals surface area (Å²) in [6, 6.07) is 8.99. The van der Waals surface area contributed by atoms with Gasteiger partial charge in [0.2, 0.25) is 0 Å². The van der Waals surface area contributed by atoms with E-state index in [1.165, 1.54) is 17.5 Å². The van der Waals surface area contributed by atoms with Crippen LogP contribution in [0.2, 0.25) is 0 Å². The van der Waals surface area contributed by atoms with Crippen LogP contribution in [-0.2, 0) is 5.41 Å². The third-order valence-electron chi connectivity index (χ3n) is 4.06. The first kappa shape index (κ1) is 10.7. The van der Waals surface area contributed by atoms with Crippen LogP contribution in [0.5, 0.6) is 0 Å². The van der Waals surface area contributed by atoms with Gasteiger partial charge in [-0.25, -0.2) is 0 Å². The van der Waals surface area contributed by atoms with Crippen LogP contribution in [0, 0.1) is 18.8 Å². The lowest BCUT2D eigenvalue weighted by atomic mass is 9.82. The van der Waals surface area contributed by atoms with E-state index >= 15 is 0 Å². The van der Waals surface area contributed by atoms with Gasteiger partial charge >= 0.3 is 0 Å². The average Bonchev–Trinajstić information content (AvgIpc) is 2.94. The van der Waals surface area contributed by atoms with Gasteiger partial charge in [0.15, 0.2) is 0 Å². The standard InChI is InChI=1S/C14H21N/c1-10(2)14(8-13(14)9-15)12-6-4-11(3)5-7-12/h4-7,10,13H,8-9,15H2,1-3H3/t13-,14?/m0/s1. The second-order valence-electron chi connectivity index (χ2n) is 5.20. The average molecular weight is 203 g/mol. The van der Waals surface area contributed by atoms with E-state index in [2.05, 4.69) is 45.0 Å². The minimum atomic E-state index is 0.377. The Labute approximate surface area is 92.7 Å². The minimum absolute atomic E-state index is 0.377. The molecule has 1 saturated carbocycles. The molecular formula is C14H21N. The molecule has 1 nitrogen and oxygen atoms in total. The molecule has 2 rings (SSSR count). The van der Waals surface area contributed by atoms with Crippen molar-refractivity contribution in [2.45, 2.75) is 32.6 Å². The second-order valence-corrected chi connectivity index (χ2v) is 5.20. The molecule has 15 heavy (non-hydrogen) atoms. The molecule has 1 aliphatic rings. The van der Waals surface area contributed by atoms with Gasteiger partial charge in [0.1, 0.15) is 0 Å². The minimum Gasteiger partial charge on any atom is -0.330 e. The topological polar surface area (TPSA) is 26.0 Å². The predicted octanol–water partition coefficient (Wildman–Crippen LogP) is 2.87. The van der Waals surface area contributed by atoms with Gasteiger partial charge in [0.05, 0.1) is 0 Å². The number of aryl methyl sites for hydroxylation is 1. The lowest BCUT2D eigenvalue weighted by Crippen LogP contribution is -2.21. The molecule has 0 amide bonds. The predicted molar refractivity (Wildman–Crippen MR) is 64.9 cm³/mol. The van der Waals surface area contributed by atoms with Crippen LogP contribution in [0.1, 0.15) is 31.4 Å². The molecule has 2 N–H and O–H groups in total. The molecule has 0 saturated heterocycles. The highest BCUT2D eigenvalue weighted by molar-refractivity contribution is 5.36. The Hall–Kier alpha value is -0.820. The van der Waals surface area contributed by atoms with Crippen LogP contribution in [-0.4, -0.2) is 6.54 Å². The van der Waals surface area contributed by atoms with Gasteiger partial charge in [-0.3, -0.25) is 0 Å². The molecule has 1 aromatic rings. The second kappa shape index (κ2) is 3.64. The number of hydrogen-bond donors (Lipinski definition) is 1. The Balaban J connectivity index is 2.32. The van der Waals surface area contributed by atoms with E-state index in [9.17, 15) is 0 Å². The van der Waals surface area contributed by atoms with Gasteiger partial charge in [-0.05, 0) is 37.3 Å². The van der Waals surface area contributed by atoms with Crippen molar-refractivity contribution in [2.75, 3.05) is 6.54 Å². The van der Waals surface area contributed by atoms with Gasteiger partial charge in [-0.15, -0.1) is 0 Å². The molecule has 0 bridgehead atoms. The fourth-order valence-corrected chi connectivity index (χ4v) is 2.90. The molecule has 0 radical (unpaired) electrons. The van der Waals surface area contributed by atoms with Crippen LogP contribution in [0.4, 0.5) is 0 Å². The summed E-state index contributed by atoms with van der Waals surface area (Å²) in [5.74, 6) is 1.38. The van der Waals surface area contributed by atoms with E-state index in [1.54, 1.807) is 0 Å². The van der Waals surface area contributed by atoms with Gasteiger partial charge in [0, 0.05) is 5.41 Å². The molecule has 1 unspecified atom stereocenters. The van der Waals surface area contributed by atoms with Gasteiger partial charge in [-0.2, -0.15) is 0 Å². The zero-order chi connectivity index (χ0) is 11.1. The van der Waals surface area contributed by atoms with Crippen LogP contribution >= 0.6 is 0 Å². The summed E-state index contributed by atoms with van der Waals surface area (Å²) in [6.45, 7) is 7.59. The molecular weight excluding hydrogens is 182 g/mol. The van der Waals surface area contributed by atoms with E-state index < -0.39 is 0 Å². The van der Waals surface area contributed by atoms with E-state index in [0.29, 0.717) is 17.3 Å². The molecule has 0 aliphatic heterocycles. The van der Waals surface area contributed by atoms with Crippen molar-refractivity contribution in [2.24, 2.45) is 17.6 Å². The van der Waals surface area contributed by atoms with Crippen LogP contribution in [0.15, 0.2) is 24.3 Å². The van der Waals surface area contributed by atoms with E-state index in [0.717, 1.165) is 6.54 Å². The smallest absolute Gasteiger partial charge is 0.00200 e. The number of benzene rings is 1. The van der Waals surface area contributed by atoms with Crippen molar-refractivity contribution in [3.05, 3.63) is 35.4 Å². The molecule has 2 atom stereocenters. The third-order valence-corrected chi connectivity index (χ3v) is 4.06. The third kappa shape index (κ3) is 1.59. The summed E-state index contributed by atoms with van der Waals surface area (Å²) in [7, 11) is 0. The molecule has 1 aliphatic carbocycles. The summed E-state index contributed by atoms with van der Waals surface area (Å²) in [4.78, 5) is 0. The largest absolute Gasteiger partial charge is 0.330 e. The zero-order valence-corrected chi connectivity index (χ0v) is 9.96. The van der Waals surface area contributed by atoms with Crippen molar-refractivity contribution in [1.29, 1.82) is 0 Å². The van der Waals surface area contributed by atoms with Crippen LogP contribution in [0.3, 0.4) is 0 Å². The summed E-state index contributed by atoms with van der Waals surface area (Å²) in [5.41, 5.74) is 9.01. The summed E-state index contributed by atoms with van der Waals surface area (Å²) >= 11 is 0.